The summed E-state index contributed by atoms with van der Waals surface area (Å²) >= 11 is 0. The van der Waals surface area contributed by atoms with Crippen LogP contribution in [0.3, 0.4) is 0 Å². The zero-order chi connectivity index (χ0) is 11.3. The van der Waals surface area contributed by atoms with Crippen molar-refractivity contribution in [1.82, 2.24) is 10.3 Å². The number of pyridine rings is 1. The first-order valence-electron chi connectivity index (χ1n) is 4.72. The Hall–Kier alpha value is -1.65. The minimum Gasteiger partial charge on any atom is -0.376 e. The number of carbonyl (C=O) groups is 1. The summed E-state index contributed by atoms with van der Waals surface area (Å²) in [4.78, 5) is 14.6. The van der Waals surface area contributed by atoms with Gasteiger partial charge in [0.15, 0.2) is 0 Å². The smallest absolute Gasteiger partial charge is 0.239 e. The van der Waals surface area contributed by atoms with Crippen LogP contribution in [-0.2, 0) is 4.79 Å². The SMILES string of the molecule is CC(C)NC(=O)CNc1ccnc(F)c1. The van der Waals surface area contributed by atoms with Crippen molar-refractivity contribution < 1.29 is 9.18 Å². The van der Waals surface area contributed by atoms with E-state index < -0.39 is 5.95 Å². The van der Waals surface area contributed by atoms with Gasteiger partial charge in [-0.2, -0.15) is 4.39 Å². The molecule has 2 N–H and O–H groups in total. The van der Waals surface area contributed by atoms with E-state index in [1.165, 1.54) is 12.3 Å². The van der Waals surface area contributed by atoms with Gasteiger partial charge in [0.05, 0.1) is 6.54 Å². The van der Waals surface area contributed by atoms with Gasteiger partial charge in [-0.1, -0.05) is 0 Å². The van der Waals surface area contributed by atoms with E-state index in [-0.39, 0.29) is 18.5 Å². The number of hydrogen-bond donors (Lipinski definition) is 2. The van der Waals surface area contributed by atoms with Crippen molar-refractivity contribution in [2.24, 2.45) is 0 Å². The van der Waals surface area contributed by atoms with Crippen LogP contribution in [-0.4, -0.2) is 23.5 Å². The average molecular weight is 211 g/mol. The van der Waals surface area contributed by atoms with Crippen LogP contribution in [0.25, 0.3) is 0 Å². The van der Waals surface area contributed by atoms with E-state index >= 15 is 0 Å². The molecule has 1 amide bonds. The van der Waals surface area contributed by atoms with Crippen molar-refractivity contribution in [3.8, 4) is 0 Å². The van der Waals surface area contributed by atoms with Gasteiger partial charge in [0.2, 0.25) is 11.9 Å². The monoisotopic (exact) mass is 211 g/mol. The van der Waals surface area contributed by atoms with Gasteiger partial charge in [0, 0.05) is 24.0 Å². The number of amides is 1. The highest BCUT2D eigenvalue weighted by Crippen LogP contribution is 2.05. The van der Waals surface area contributed by atoms with Crippen LogP contribution < -0.4 is 10.6 Å². The summed E-state index contributed by atoms with van der Waals surface area (Å²) in [5.74, 6) is -0.688. The number of aromatic nitrogens is 1. The van der Waals surface area contributed by atoms with E-state index in [2.05, 4.69) is 15.6 Å². The fourth-order valence-electron chi connectivity index (χ4n) is 1.07. The van der Waals surface area contributed by atoms with E-state index in [1.807, 2.05) is 13.8 Å². The van der Waals surface area contributed by atoms with Crippen molar-refractivity contribution in [1.29, 1.82) is 0 Å². The normalized spacial score (nSPS) is 10.1. The first-order chi connectivity index (χ1) is 7.08. The predicted molar refractivity (Wildman–Crippen MR) is 56.0 cm³/mol. The lowest BCUT2D eigenvalue weighted by Gasteiger charge is -2.09. The van der Waals surface area contributed by atoms with Crippen LogP contribution in [0.15, 0.2) is 18.3 Å². The Morgan fingerprint density at radius 1 is 1.60 bits per heavy atom. The summed E-state index contributed by atoms with van der Waals surface area (Å²) in [5.41, 5.74) is 0.543. The lowest BCUT2D eigenvalue weighted by atomic mass is 10.3. The first-order valence-corrected chi connectivity index (χ1v) is 4.72. The molecule has 0 unspecified atom stereocenters. The molecule has 0 fully saturated rings. The van der Waals surface area contributed by atoms with Crippen LogP contribution in [0, 0.1) is 5.95 Å². The third-order valence-electron chi connectivity index (χ3n) is 1.63. The third-order valence-corrected chi connectivity index (χ3v) is 1.63. The van der Waals surface area contributed by atoms with Gasteiger partial charge in [0.1, 0.15) is 0 Å². The lowest BCUT2D eigenvalue weighted by Crippen LogP contribution is -2.34. The third kappa shape index (κ3) is 4.39. The maximum Gasteiger partial charge on any atom is 0.239 e. The largest absolute Gasteiger partial charge is 0.376 e. The van der Waals surface area contributed by atoms with Crippen molar-refractivity contribution in [3.05, 3.63) is 24.3 Å². The highest BCUT2D eigenvalue weighted by atomic mass is 19.1. The molecular weight excluding hydrogens is 197 g/mol. The minimum atomic E-state index is -0.565. The second-order valence-electron chi connectivity index (χ2n) is 3.44. The van der Waals surface area contributed by atoms with E-state index in [4.69, 9.17) is 0 Å². The Balaban J connectivity index is 2.40. The molecule has 0 aromatic carbocycles. The molecule has 82 valence electrons. The fraction of sp³-hybridized carbons (Fsp3) is 0.400. The van der Waals surface area contributed by atoms with Gasteiger partial charge < -0.3 is 10.6 Å². The van der Waals surface area contributed by atoms with E-state index in [0.717, 1.165) is 0 Å². The molecule has 0 saturated heterocycles. The molecule has 0 radical (unpaired) electrons. The first kappa shape index (κ1) is 11.4. The van der Waals surface area contributed by atoms with E-state index in [1.54, 1.807) is 6.07 Å². The second-order valence-corrected chi connectivity index (χ2v) is 3.44. The van der Waals surface area contributed by atoms with Crippen LogP contribution in [0.5, 0.6) is 0 Å². The summed E-state index contributed by atoms with van der Waals surface area (Å²) in [6.45, 7) is 3.88. The van der Waals surface area contributed by atoms with Gasteiger partial charge >= 0.3 is 0 Å². The maximum absolute atomic E-state index is 12.7. The molecule has 1 rings (SSSR count). The fourth-order valence-corrected chi connectivity index (χ4v) is 1.07. The molecule has 0 saturated carbocycles. The molecule has 0 atom stereocenters. The molecule has 1 heterocycles. The van der Waals surface area contributed by atoms with E-state index in [9.17, 15) is 9.18 Å². The van der Waals surface area contributed by atoms with Crippen LogP contribution in [0.1, 0.15) is 13.8 Å². The van der Waals surface area contributed by atoms with Crippen molar-refractivity contribution >= 4 is 11.6 Å². The summed E-state index contributed by atoms with van der Waals surface area (Å²) in [6, 6.07) is 2.95. The summed E-state index contributed by atoms with van der Waals surface area (Å²) < 4.78 is 12.7. The molecule has 0 aliphatic rings. The number of carbonyl (C=O) groups excluding carboxylic acids is 1. The van der Waals surface area contributed by atoms with Gasteiger partial charge in [-0.05, 0) is 19.9 Å². The number of halogens is 1. The number of nitrogens with one attached hydrogen (secondary N) is 2. The van der Waals surface area contributed by atoms with Crippen LogP contribution in [0.4, 0.5) is 10.1 Å². The Morgan fingerprint density at radius 2 is 2.33 bits per heavy atom. The zero-order valence-electron chi connectivity index (χ0n) is 8.75. The van der Waals surface area contributed by atoms with Gasteiger partial charge in [-0.15, -0.1) is 0 Å². The highest BCUT2D eigenvalue weighted by Gasteiger charge is 2.02. The Morgan fingerprint density at radius 3 is 2.93 bits per heavy atom. The van der Waals surface area contributed by atoms with Gasteiger partial charge in [-0.25, -0.2) is 4.98 Å². The van der Waals surface area contributed by atoms with Crippen LogP contribution >= 0.6 is 0 Å². The van der Waals surface area contributed by atoms with Crippen molar-refractivity contribution in [2.45, 2.75) is 19.9 Å². The number of anilines is 1. The van der Waals surface area contributed by atoms with Crippen molar-refractivity contribution in [2.75, 3.05) is 11.9 Å². The quantitative estimate of drug-likeness (QED) is 0.735. The van der Waals surface area contributed by atoms with Crippen molar-refractivity contribution in [3.63, 3.8) is 0 Å². The molecule has 1 aromatic heterocycles. The molecule has 0 bridgehead atoms. The van der Waals surface area contributed by atoms with Crippen LogP contribution in [0.2, 0.25) is 0 Å². The standard InChI is InChI=1S/C10H14FN3O/c1-7(2)14-10(15)6-13-8-3-4-12-9(11)5-8/h3-5,7H,6H2,1-2H3,(H,12,13)(H,14,15). The molecular formula is C10H14FN3O. The summed E-state index contributed by atoms with van der Waals surface area (Å²) in [5, 5.41) is 5.52. The average Bonchev–Trinajstić information content (AvgIpc) is 2.14. The molecule has 5 heteroatoms. The predicted octanol–water partition coefficient (Wildman–Crippen LogP) is 1.16. The highest BCUT2D eigenvalue weighted by molar-refractivity contribution is 5.80. The van der Waals surface area contributed by atoms with Gasteiger partial charge in [-0.3, -0.25) is 4.79 Å². The number of nitrogens with zero attached hydrogens (tertiary/aromatic N) is 1. The Labute approximate surface area is 87.9 Å². The zero-order valence-corrected chi connectivity index (χ0v) is 8.75. The summed E-state index contributed by atoms with van der Waals surface area (Å²) in [7, 11) is 0. The minimum absolute atomic E-state index is 0.105. The maximum atomic E-state index is 12.7. The lowest BCUT2D eigenvalue weighted by molar-refractivity contribution is -0.119. The molecule has 4 nitrogen and oxygen atoms in total. The topological polar surface area (TPSA) is 54.0 Å². The Bertz CT molecular complexity index is 341. The second kappa shape index (κ2) is 5.29. The molecule has 1 aromatic rings. The molecule has 0 aliphatic heterocycles. The molecule has 0 aliphatic carbocycles. The van der Waals surface area contributed by atoms with E-state index in [0.29, 0.717) is 5.69 Å². The molecule has 0 spiro atoms. The Kier molecular flexibility index (Phi) is 4.03. The molecule has 15 heavy (non-hydrogen) atoms. The summed E-state index contributed by atoms with van der Waals surface area (Å²) in [6.07, 6.45) is 1.35. The number of rotatable bonds is 4. The number of hydrogen-bond acceptors (Lipinski definition) is 3. The van der Waals surface area contributed by atoms with Gasteiger partial charge in [0.25, 0.3) is 0 Å².